The summed E-state index contributed by atoms with van der Waals surface area (Å²) >= 11 is 4.09. The Labute approximate surface area is 219 Å². The van der Waals surface area contributed by atoms with Crippen LogP contribution in [0.5, 0.6) is 11.5 Å². The Balaban J connectivity index is 1.38. The second-order valence-corrected chi connectivity index (χ2v) is 9.33. The molecular formula is C26H19BrN2O6S. The third-order valence-electron chi connectivity index (χ3n) is 5.04. The number of para-hydroxylation sites is 1. The zero-order valence-electron chi connectivity index (χ0n) is 18.9. The lowest BCUT2D eigenvalue weighted by molar-refractivity contribution is -0.127. The van der Waals surface area contributed by atoms with Gasteiger partial charge in [0.25, 0.3) is 11.1 Å². The van der Waals surface area contributed by atoms with Crippen LogP contribution < -0.4 is 14.8 Å². The average Bonchev–Trinajstić information content (AvgIpc) is 3.13. The summed E-state index contributed by atoms with van der Waals surface area (Å²) in [6.45, 7) is -0.399. The lowest BCUT2D eigenvalue weighted by Gasteiger charge is -2.13. The Hall–Kier alpha value is -3.89. The maximum absolute atomic E-state index is 12.7. The third kappa shape index (κ3) is 6.02. The minimum atomic E-state index is -0.553. The molecule has 0 atom stereocenters. The molecular weight excluding hydrogens is 548 g/mol. The van der Waals surface area contributed by atoms with Crippen LogP contribution in [-0.4, -0.2) is 41.6 Å². The van der Waals surface area contributed by atoms with E-state index < -0.39 is 29.6 Å². The highest BCUT2D eigenvalue weighted by Crippen LogP contribution is 2.32. The van der Waals surface area contributed by atoms with Crippen molar-refractivity contribution in [2.24, 2.45) is 0 Å². The predicted molar refractivity (Wildman–Crippen MR) is 140 cm³/mol. The number of carbonyl (C=O) groups is 4. The number of benzene rings is 3. The standard InChI is InChI=1S/C26H19BrN2O6S/c1-34-18-12-8-17(9-13-18)25(32)35-19-10-6-16(7-11-19)14-22-24(31)29(26(33)36-22)15-23(30)28-21-5-3-2-4-20(21)27/h2-14H,15H2,1H3,(H,28,30)/b22-14+. The van der Waals surface area contributed by atoms with Gasteiger partial charge in [0.2, 0.25) is 5.91 Å². The van der Waals surface area contributed by atoms with E-state index in [0.29, 0.717) is 32.8 Å². The van der Waals surface area contributed by atoms with Gasteiger partial charge in [-0.05, 0) is 87.9 Å². The smallest absolute Gasteiger partial charge is 0.343 e. The molecule has 0 radical (unpaired) electrons. The van der Waals surface area contributed by atoms with Crippen LogP contribution in [0.15, 0.2) is 82.2 Å². The number of hydrogen-bond donors (Lipinski definition) is 1. The molecule has 182 valence electrons. The van der Waals surface area contributed by atoms with Crippen molar-refractivity contribution in [1.29, 1.82) is 0 Å². The number of nitrogens with one attached hydrogen (secondary N) is 1. The minimum Gasteiger partial charge on any atom is -0.497 e. The number of halogens is 1. The molecule has 0 saturated carbocycles. The Morgan fingerprint density at radius 1 is 0.972 bits per heavy atom. The SMILES string of the molecule is COc1ccc(C(=O)Oc2ccc(/C=C3/SC(=O)N(CC(=O)Nc4ccccc4Br)C3=O)cc2)cc1. The fourth-order valence-electron chi connectivity index (χ4n) is 3.21. The molecule has 10 heteroatoms. The first-order chi connectivity index (χ1) is 17.3. The normalized spacial score (nSPS) is 14.2. The monoisotopic (exact) mass is 566 g/mol. The topological polar surface area (TPSA) is 102 Å². The fourth-order valence-corrected chi connectivity index (χ4v) is 4.43. The number of nitrogens with zero attached hydrogens (tertiary/aromatic N) is 1. The van der Waals surface area contributed by atoms with Crippen molar-refractivity contribution < 1.29 is 28.7 Å². The molecule has 1 N–H and O–H groups in total. The van der Waals surface area contributed by atoms with E-state index in [2.05, 4.69) is 21.2 Å². The van der Waals surface area contributed by atoms with Crippen LogP contribution in [0.1, 0.15) is 15.9 Å². The number of methoxy groups -OCH3 is 1. The molecule has 0 aromatic heterocycles. The van der Waals surface area contributed by atoms with E-state index in [9.17, 15) is 19.2 Å². The second kappa shape index (κ2) is 11.2. The predicted octanol–water partition coefficient (Wildman–Crippen LogP) is 5.35. The van der Waals surface area contributed by atoms with E-state index >= 15 is 0 Å². The van der Waals surface area contributed by atoms with Crippen molar-refractivity contribution in [2.75, 3.05) is 19.0 Å². The molecule has 36 heavy (non-hydrogen) atoms. The number of carbonyl (C=O) groups excluding carboxylic acids is 4. The summed E-state index contributed by atoms with van der Waals surface area (Å²) in [5.41, 5.74) is 1.54. The fraction of sp³-hybridized carbons (Fsp3) is 0.0769. The van der Waals surface area contributed by atoms with Crippen LogP contribution in [0, 0.1) is 0 Å². The van der Waals surface area contributed by atoms with Crippen molar-refractivity contribution in [2.45, 2.75) is 0 Å². The van der Waals surface area contributed by atoms with Crippen LogP contribution in [0.25, 0.3) is 6.08 Å². The van der Waals surface area contributed by atoms with Crippen molar-refractivity contribution in [1.82, 2.24) is 4.90 Å². The lowest BCUT2D eigenvalue weighted by atomic mass is 10.2. The minimum absolute atomic E-state index is 0.191. The van der Waals surface area contributed by atoms with Gasteiger partial charge in [-0.25, -0.2) is 4.79 Å². The Bertz CT molecular complexity index is 1360. The van der Waals surface area contributed by atoms with Crippen molar-refractivity contribution in [3.05, 3.63) is 93.3 Å². The summed E-state index contributed by atoms with van der Waals surface area (Å²) in [5, 5.41) is 2.14. The first-order valence-electron chi connectivity index (χ1n) is 10.6. The summed E-state index contributed by atoms with van der Waals surface area (Å²) in [6.07, 6.45) is 1.55. The molecule has 4 rings (SSSR count). The molecule has 0 bridgehead atoms. The van der Waals surface area contributed by atoms with Crippen molar-refractivity contribution >= 4 is 62.5 Å². The molecule has 3 aromatic carbocycles. The molecule has 1 aliphatic heterocycles. The zero-order chi connectivity index (χ0) is 25.7. The quantitative estimate of drug-likeness (QED) is 0.233. The van der Waals surface area contributed by atoms with Gasteiger partial charge in [-0.3, -0.25) is 19.3 Å². The zero-order valence-corrected chi connectivity index (χ0v) is 21.3. The first-order valence-corrected chi connectivity index (χ1v) is 12.2. The van der Waals surface area contributed by atoms with Gasteiger partial charge in [-0.2, -0.15) is 0 Å². The number of esters is 1. The Morgan fingerprint density at radius 3 is 2.31 bits per heavy atom. The lowest BCUT2D eigenvalue weighted by Crippen LogP contribution is -2.36. The van der Waals surface area contributed by atoms with Gasteiger partial charge in [0.1, 0.15) is 18.0 Å². The summed E-state index contributed by atoms with van der Waals surface area (Å²) in [7, 11) is 1.54. The number of anilines is 1. The van der Waals surface area contributed by atoms with Crippen molar-refractivity contribution in [3.63, 3.8) is 0 Å². The number of hydrogen-bond acceptors (Lipinski definition) is 7. The first kappa shape index (κ1) is 25.2. The van der Waals surface area contributed by atoms with Gasteiger partial charge < -0.3 is 14.8 Å². The highest BCUT2D eigenvalue weighted by Gasteiger charge is 2.36. The number of rotatable bonds is 7. The Morgan fingerprint density at radius 2 is 1.64 bits per heavy atom. The van der Waals surface area contributed by atoms with Crippen LogP contribution in [0.2, 0.25) is 0 Å². The Kier molecular flexibility index (Phi) is 7.87. The molecule has 0 aliphatic carbocycles. The molecule has 3 amide bonds. The molecule has 3 aromatic rings. The van der Waals surface area contributed by atoms with Gasteiger partial charge >= 0.3 is 5.97 Å². The number of imide groups is 1. The summed E-state index contributed by atoms with van der Waals surface area (Å²) in [5.74, 6) is -0.613. The van der Waals surface area contributed by atoms with E-state index in [4.69, 9.17) is 9.47 Å². The molecule has 0 unspecified atom stereocenters. The second-order valence-electron chi connectivity index (χ2n) is 7.48. The van der Waals surface area contributed by atoms with Gasteiger partial charge in [-0.15, -0.1) is 0 Å². The van der Waals surface area contributed by atoms with Crippen molar-refractivity contribution in [3.8, 4) is 11.5 Å². The molecule has 1 heterocycles. The maximum atomic E-state index is 12.7. The van der Waals surface area contributed by atoms with Gasteiger partial charge in [-0.1, -0.05) is 24.3 Å². The van der Waals surface area contributed by atoms with Crippen LogP contribution in [-0.2, 0) is 9.59 Å². The van der Waals surface area contributed by atoms with Gasteiger partial charge in [0.15, 0.2) is 0 Å². The molecule has 8 nitrogen and oxygen atoms in total. The number of thioether (sulfide) groups is 1. The third-order valence-corrected chi connectivity index (χ3v) is 6.64. The van der Waals surface area contributed by atoms with Crippen LogP contribution >= 0.6 is 27.7 Å². The van der Waals surface area contributed by atoms with E-state index in [-0.39, 0.29) is 4.91 Å². The largest absolute Gasteiger partial charge is 0.497 e. The highest BCUT2D eigenvalue weighted by molar-refractivity contribution is 9.10. The van der Waals surface area contributed by atoms with Gasteiger partial charge in [0.05, 0.1) is 23.3 Å². The van der Waals surface area contributed by atoms with E-state index in [1.807, 2.05) is 0 Å². The summed E-state index contributed by atoms with van der Waals surface area (Å²) in [4.78, 5) is 50.9. The van der Waals surface area contributed by atoms with Crippen LogP contribution in [0.4, 0.5) is 10.5 Å². The molecule has 1 saturated heterocycles. The van der Waals surface area contributed by atoms with E-state index in [0.717, 1.165) is 16.7 Å². The van der Waals surface area contributed by atoms with Gasteiger partial charge in [0, 0.05) is 4.47 Å². The summed E-state index contributed by atoms with van der Waals surface area (Å²) in [6, 6.07) is 20.0. The van der Waals surface area contributed by atoms with E-state index in [1.54, 1.807) is 78.9 Å². The maximum Gasteiger partial charge on any atom is 0.343 e. The number of amides is 3. The highest BCUT2D eigenvalue weighted by atomic mass is 79.9. The summed E-state index contributed by atoms with van der Waals surface area (Å²) < 4.78 is 11.1. The van der Waals surface area contributed by atoms with Crippen LogP contribution in [0.3, 0.4) is 0 Å². The molecule has 0 spiro atoms. The molecule has 1 fully saturated rings. The average molecular weight is 567 g/mol. The van der Waals surface area contributed by atoms with E-state index in [1.165, 1.54) is 7.11 Å². The number of ether oxygens (including phenoxy) is 2. The molecule has 1 aliphatic rings.